The molecular formula is C16H15N5O2. The van der Waals surface area contributed by atoms with E-state index in [2.05, 4.69) is 15.1 Å². The molecule has 116 valence electrons. The number of pyridine rings is 2. The second kappa shape index (κ2) is 5.62. The van der Waals surface area contributed by atoms with Crippen LogP contribution in [0.2, 0.25) is 0 Å². The van der Waals surface area contributed by atoms with Crippen LogP contribution < -0.4 is 0 Å². The lowest BCUT2D eigenvalue weighted by molar-refractivity contribution is 0.134. The number of fused-ring (bicyclic) bond motifs is 2. The van der Waals surface area contributed by atoms with E-state index in [-0.39, 0.29) is 0 Å². The van der Waals surface area contributed by atoms with Gasteiger partial charge in [0.1, 0.15) is 17.9 Å². The van der Waals surface area contributed by atoms with E-state index < -0.39 is 0 Å². The second-order valence-corrected chi connectivity index (χ2v) is 5.05. The van der Waals surface area contributed by atoms with Crippen LogP contribution in [0.15, 0.2) is 59.7 Å². The zero-order valence-corrected chi connectivity index (χ0v) is 12.5. The number of aromatic nitrogens is 5. The Bertz CT molecular complexity index is 945. The predicted molar refractivity (Wildman–Crippen MR) is 84.7 cm³/mol. The molecule has 0 radical (unpaired) electrons. The van der Waals surface area contributed by atoms with Crippen LogP contribution in [0.1, 0.15) is 0 Å². The Kier molecular flexibility index (Phi) is 3.32. The lowest BCUT2D eigenvalue weighted by Gasteiger charge is -2.04. The van der Waals surface area contributed by atoms with Crippen molar-refractivity contribution in [1.82, 2.24) is 24.3 Å². The molecule has 2 aromatic rings. The maximum absolute atomic E-state index is 5.97. The van der Waals surface area contributed by atoms with Crippen LogP contribution in [0.3, 0.4) is 0 Å². The summed E-state index contributed by atoms with van der Waals surface area (Å²) in [6, 6.07) is 7.65. The molecule has 0 saturated heterocycles. The van der Waals surface area contributed by atoms with Gasteiger partial charge in [0.15, 0.2) is 5.76 Å². The summed E-state index contributed by atoms with van der Waals surface area (Å²) in [6.45, 7) is 0.396. The predicted octanol–water partition coefficient (Wildman–Crippen LogP) is 2.98. The highest BCUT2D eigenvalue weighted by atomic mass is 16.5. The molecule has 0 spiro atoms. The highest BCUT2D eigenvalue weighted by Crippen LogP contribution is 2.24. The van der Waals surface area contributed by atoms with Crippen molar-refractivity contribution in [1.29, 1.82) is 0 Å². The Morgan fingerprint density at radius 3 is 2.96 bits per heavy atom. The lowest BCUT2D eigenvalue weighted by Crippen LogP contribution is -2.00. The quantitative estimate of drug-likeness (QED) is 0.631. The first-order valence-electron chi connectivity index (χ1n) is 7.13. The molecule has 2 aliphatic heterocycles. The van der Waals surface area contributed by atoms with Crippen molar-refractivity contribution >= 4 is 11.2 Å². The molecule has 1 N–H and O–H groups in total. The van der Waals surface area contributed by atoms with Gasteiger partial charge in [0, 0.05) is 25.7 Å². The molecule has 0 bridgehead atoms. The van der Waals surface area contributed by atoms with Gasteiger partial charge in [-0.05, 0) is 24.3 Å². The zero-order valence-electron chi connectivity index (χ0n) is 12.5. The van der Waals surface area contributed by atoms with Gasteiger partial charge in [-0.1, -0.05) is 0 Å². The molecule has 4 heterocycles. The first kappa shape index (κ1) is 13.6. The standard InChI is InChI=1S/C16H15N5O2/c1-22-11-20-9-13-15(23-16-14(20)5-3-7-18-16)10-21(19-13)12-4-2-6-17-8-12/h2-10,19H,11H2,1H3. The fourth-order valence-corrected chi connectivity index (χ4v) is 2.47. The summed E-state index contributed by atoms with van der Waals surface area (Å²) >= 11 is 0. The molecule has 7 nitrogen and oxygen atoms in total. The van der Waals surface area contributed by atoms with Gasteiger partial charge in [-0.25, -0.2) is 4.98 Å². The van der Waals surface area contributed by atoms with Gasteiger partial charge < -0.3 is 13.7 Å². The van der Waals surface area contributed by atoms with Gasteiger partial charge in [0.05, 0.1) is 18.1 Å². The van der Waals surface area contributed by atoms with Gasteiger partial charge in [-0.3, -0.25) is 14.8 Å². The van der Waals surface area contributed by atoms with E-state index in [1.54, 1.807) is 25.7 Å². The van der Waals surface area contributed by atoms with E-state index in [1.165, 1.54) is 0 Å². The van der Waals surface area contributed by atoms with Crippen molar-refractivity contribution in [2.45, 2.75) is 6.73 Å². The number of hydrogen-bond donors (Lipinski definition) is 1. The van der Waals surface area contributed by atoms with Crippen LogP contribution in [0.4, 0.5) is 0 Å². The van der Waals surface area contributed by atoms with Crippen LogP contribution in [-0.4, -0.2) is 31.4 Å². The summed E-state index contributed by atoms with van der Waals surface area (Å²) in [5.41, 5.74) is 3.13. The first-order chi connectivity index (χ1) is 11.3. The van der Waals surface area contributed by atoms with Crippen molar-refractivity contribution in [2.24, 2.45) is 0 Å². The average molecular weight is 309 g/mol. The molecule has 0 aliphatic carbocycles. The molecule has 2 aromatic heterocycles. The Morgan fingerprint density at radius 1 is 1.22 bits per heavy atom. The number of aromatic amines is 1. The van der Waals surface area contributed by atoms with E-state index in [1.807, 2.05) is 45.9 Å². The minimum absolute atomic E-state index is 0.396. The van der Waals surface area contributed by atoms with E-state index >= 15 is 0 Å². The topological polar surface area (TPSA) is 73.8 Å². The third-order valence-electron chi connectivity index (χ3n) is 3.50. The Balaban J connectivity index is 1.98. The molecule has 0 saturated carbocycles. The van der Waals surface area contributed by atoms with Gasteiger partial charge in [-0.15, -0.1) is 0 Å². The van der Waals surface area contributed by atoms with Crippen LogP contribution in [0, 0.1) is 0 Å². The molecule has 23 heavy (non-hydrogen) atoms. The fourth-order valence-electron chi connectivity index (χ4n) is 2.47. The Hall–Kier alpha value is -3.06. The van der Waals surface area contributed by atoms with E-state index in [0.29, 0.717) is 18.2 Å². The lowest BCUT2D eigenvalue weighted by atomic mass is 10.4. The molecule has 0 fully saturated rings. The highest BCUT2D eigenvalue weighted by Gasteiger charge is 2.12. The van der Waals surface area contributed by atoms with Crippen molar-refractivity contribution < 1.29 is 9.15 Å². The summed E-state index contributed by atoms with van der Waals surface area (Å²) in [4.78, 5) is 8.45. The highest BCUT2D eigenvalue weighted by molar-refractivity contribution is 5.70. The van der Waals surface area contributed by atoms with Crippen molar-refractivity contribution in [2.75, 3.05) is 7.11 Å². The van der Waals surface area contributed by atoms with Crippen molar-refractivity contribution in [3.05, 3.63) is 55.2 Å². The second-order valence-electron chi connectivity index (χ2n) is 5.05. The molecule has 4 rings (SSSR count). The third-order valence-corrected chi connectivity index (χ3v) is 3.50. The van der Waals surface area contributed by atoms with Crippen LogP contribution in [0.25, 0.3) is 28.4 Å². The number of methoxy groups -OCH3 is 1. The maximum atomic E-state index is 5.97. The van der Waals surface area contributed by atoms with Gasteiger partial charge >= 0.3 is 0 Å². The molecular weight excluding hydrogens is 294 g/mol. The third kappa shape index (κ3) is 2.47. The zero-order chi connectivity index (χ0) is 15.6. The number of nitrogens with zero attached hydrogens (tertiary/aromatic N) is 4. The SMILES string of the molecule is COCn1cc2[nH]n(-c3cccnc3)cc-2oc2ncccc21. The summed E-state index contributed by atoms with van der Waals surface area (Å²) in [5, 5.41) is 3.28. The van der Waals surface area contributed by atoms with Crippen LogP contribution >= 0.6 is 0 Å². The molecule has 0 atom stereocenters. The van der Waals surface area contributed by atoms with Crippen LogP contribution in [-0.2, 0) is 11.5 Å². The van der Waals surface area contributed by atoms with Gasteiger partial charge in [0.25, 0.3) is 0 Å². The van der Waals surface area contributed by atoms with E-state index in [9.17, 15) is 0 Å². The number of nitrogens with one attached hydrogen (secondary N) is 1. The Morgan fingerprint density at radius 2 is 2.13 bits per heavy atom. The van der Waals surface area contributed by atoms with Gasteiger partial charge in [-0.2, -0.15) is 0 Å². The summed E-state index contributed by atoms with van der Waals surface area (Å²) in [6.07, 6.45) is 9.03. The minimum atomic E-state index is 0.396. The van der Waals surface area contributed by atoms with Gasteiger partial charge in [0.2, 0.25) is 5.71 Å². The number of hydrogen-bond acceptors (Lipinski definition) is 4. The molecule has 0 amide bonds. The minimum Gasteiger partial charge on any atom is -0.433 e. The summed E-state index contributed by atoms with van der Waals surface area (Å²) < 4.78 is 15.0. The normalized spacial score (nSPS) is 11.2. The van der Waals surface area contributed by atoms with E-state index in [0.717, 1.165) is 16.9 Å². The molecule has 0 unspecified atom stereocenters. The molecule has 2 aliphatic rings. The van der Waals surface area contributed by atoms with Crippen molar-refractivity contribution in [3.8, 4) is 17.1 Å². The largest absolute Gasteiger partial charge is 0.433 e. The summed E-state index contributed by atoms with van der Waals surface area (Å²) in [7, 11) is 1.65. The van der Waals surface area contributed by atoms with Crippen LogP contribution in [0.5, 0.6) is 0 Å². The average Bonchev–Trinajstić information content (AvgIpc) is 2.92. The summed E-state index contributed by atoms with van der Waals surface area (Å²) in [5.74, 6) is 0.687. The maximum Gasteiger partial charge on any atom is 0.243 e. The van der Waals surface area contributed by atoms with Crippen molar-refractivity contribution in [3.63, 3.8) is 0 Å². The monoisotopic (exact) mass is 309 g/mol. The Labute approximate surface area is 131 Å². The molecule has 0 aromatic carbocycles. The number of rotatable bonds is 3. The number of H-pyrrole nitrogens is 1. The molecule has 7 heteroatoms. The number of ether oxygens (including phenoxy) is 1. The smallest absolute Gasteiger partial charge is 0.243 e. The first-order valence-corrected chi connectivity index (χ1v) is 7.13. The fraction of sp³-hybridized carbons (Fsp3) is 0.125. The van der Waals surface area contributed by atoms with E-state index in [4.69, 9.17) is 9.15 Å².